The number of nitrogens with one attached hydrogen (secondary N) is 1. The molecular formula is C13H22N4O. The molecule has 1 heterocycles. The Kier molecular flexibility index (Phi) is 3.71. The van der Waals surface area contributed by atoms with Crippen molar-refractivity contribution in [3.05, 3.63) is 11.9 Å². The number of hydrogen-bond donors (Lipinski definition) is 3. The molecule has 0 bridgehead atoms. The van der Waals surface area contributed by atoms with Crippen LogP contribution in [0.4, 0.5) is 11.6 Å². The fourth-order valence-electron chi connectivity index (χ4n) is 1.86. The summed E-state index contributed by atoms with van der Waals surface area (Å²) in [5.74, 6) is 2.51. The molecule has 100 valence electrons. The molecule has 1 aromatic rings. The maximum Gasteiger partial charge on any atom is 0.136 e. The van der Waals surface area contributed by atoms with E-state index < -0.39 is 5.60 Å². The smallest absolute Gasteiger partial charge is 0.136 e. The third-order valence-electron chi connectivity index (χ3n) is 3.62. The Hall–Kier alpha value is -1.36. The zero-order valence-electron chi connectivity index (χ0n) is 11.1. The average molecular weight is 250 g/mol. The van der Waals surface area contributed by atoms with Gasteiger partial charge in [-0.15, -0.1) is 0 Å². The topological polar surface area (TPSA) is 84.1 Å². The van der Waals surface area contributed by atoms with Crippen molar-refractivity contribution in [1.82, 2.24) is 9.97 Å². The highest BCUT2D eigenvalue weighted by molar-refractivity contribution is 5.45. The number of hydrogen-bond acceptors (Lipinski definition) is 5. The van der Waals surface area contributed by atoms with Crippen LogP contribution in [0.1, 0.15) is 51.3 Å². The van der Waals surface area contributed by atoms with E-state index in [0.717, 1.165) is 18.7 Å². The summed E-state index contributed by atoms with van der Waals surface area (Å²) in [5.41, 5.74) is 5.09. The lowest BCUT2D eigenvalue weighted by Gasteiger charge is -2.25. The first kappa shape index (κ1) is 13.1. The predicted octanol–water partition coefficient (Wildman–Crippen LogP) is 1.90. The number of nitrogens with two attached hydrogens (primary N) is 1. The van der Waals surface area contributed by atoms with E-state index in [2.05, 4.69) is 15.3 Å². The summed E-state index contributed by atoms with van der Waals surface area (Å²) in [5, 5.41) is 13.4. The van der Waals surface area contributed by atoms with Crippen molar-refractivity contribution in [3.8, 4) is 0 Å². The number of anilines is 2. The predicted molar refractivity (Wildman–Crippen MR) is 72.4 cm³/mol. The third-order valence-corrected chi connectivity index (χ3v) is 3.62. The molecule has 0 amide bonds. The molecule has 0 atom stereocenters. The van der Waals surface area contributed by atoms with Crippen LogP contribution in [0.2, 0.25) is 0 Å². The van der Waals surface area contributed by atoms with Crippen LogP contribution in [0.15, 0.2) is 6.07 Å². The zero-order valence-corrected chi connectivity index (χ0v) is 11.1. The normalized spacial score (nSPS) is 15.7. The van der Waals surface area contributed by atoms with Crippen LogP contribution in [-0.2, 0) is 0 Å². The molecular weight excluding hydrogens is 228 g/mol. The number of nitrogens with zero attached hydrogens (tertiary/aromatic N) is 2. The van der Waals surface area contributed by atoms with Crippen LogP contribution in [0.3, 0.4) is 0 Å². The Morgan fingerprint density at radius 3 is 2.61 bits per heavy atom. The monoisotopic (exact) mass is 250 g/mol. The molecule has 0 saturated heterocycles. The van der Waals surface area contributed by atoms with Crippen molar-refractivity contribution in [2.24, 2.45) is 0 Å². The van der Waals surface area contributed by atoms with Gasteiger partial charge < -0.3 is 16.2 Å². The van der Waals surface area contributed by atoms with Crippen molar-refractivity contribution >= 4 is 11.6 Å². The second-order valence-corrected chi connectivity index (χ2v) is 5.10. The zero-order chi connectivity index (χ0) is 13.2. The molecule has 5 nitrogen and oxygen atoms in total. The SMILES string of the molecule is CCC(O)(CC)CNc1cc(N)nc(C2CC2)n1. The number of aromatic nitrogens is 2. The van der Waals surface area contributed by atoms with Crippen molar-refractivity contribution in [2.75, 3.05) is 17.6 Å². The van der Waals surface area contributed by atoms with Gasteiger partial charge in [-0.2, -0.15) is 0 Å². The minimum atomic E-state index is -0.681. The molecule has 0 aliphatic heterocycles. The fraction of sp³-hybridized carbons (Fsp3) is 0.692. The second kappa shape index (κ2) is 5.10. The molecule has 2 rings (SSSR count). The van der Waals surface area contributed by atoms with E-state index >= 15 is 0 Å². The van der Waals surface area contributed by atoms with Crippen LogP contribution >= 0.6 is 0 Å². The highest BCUT2D eigenvalue weighted by atomic mass is 16.3. The molecule has 0 aromatic carbocycles. The van der Waals surface area contributed by atoms with E-state index in [9.17, 15) is 5.11 Å². The molecule has 0 radical (unpaired) electrons. The lowest BCUT2D eigenvalue weighted by atomic mass is 9.98. The Bertz CT molecular complexity index is 413. The van der Waals surface area contributed by atoms with E-state index in [1.807, 2.05) is 13.8 Å². The van der Waals surface area contributed by atoms with Gasteiger partial charge in [-0.1, -0.05) is 13.8 Å². The summed E-state index contributed by atoms with van der Waals surface area (Å²) in [6.45, 7) is 4.45. The van der Waals surface area contributed by atoms with E-state index in [4.69, 9.17) is 5.73 Å². The van der Waals surface area contributed by atoms with E-state index in [-0.39, 0.29) is 0 Å². The summed E-state index contributed by atoms with van der Waals surface area (Å²) >= 11 is 0. The maximum absolute atomic E-state index is 10.2. The largest absolute Gasteiger partial charge is 0.388 e. The van der Waals surface area contributed by atoms with Crippen LogP contribution in [-0.4, -0.2) is 27.2 Å². The van der Waals surface area contributed by atoms with Crippen LogP contribution < -0.4 is 11.1 Å². The van der Waals surface area contributed by atoms with Gasteiger partial charge in [0, 0.05) is 18.5 Å². The maximum atomic E-state index is 10.2. The third kappa shape index (κ3) is 3.10. The molecule has 4 N–H and O–H groups in total. The minimum absolute atomic E-state index is 0.477. The highest BCUT2D eigenvalue weighted by Gasteiger charge is 2.27. The quantitative estimate of drug-likeness (QED) is 0.718. The van der Waals surface area contributed by atoms with Gasteiger partial charge in [0.05, 0.1) is 5.60 Å². The Morgan fingerprint density at radius 1 is 1.39 bits per heavy atom. The van der Waals surface area contributed by atoms with Gasteiger partial charge in [0.1, 0.15) is 17.5 Å². The van der Waals surface area contributed by atoms with Crippen LogP contribution in [0.25, 0.3) is 0 Å². The summed E-state index contributed by atoms with van der Waals surface area (Å²) < 4.78 is 0. The Morgan fingerprint density at radius 2 is 2.06 bits per heavy atom. The Labute approximate surface area is 108 Å². The molecule has 18 heavy (non-hydrogen) atoms. The van der Waals surface area contributed by atoms with Gasteiger partial charge in [0.15, 0.2) is 0 Å². The molecule has 1 saturated carbocycles. The summed E-state index contributed by atoms with van der Waals surface area (Å²) in [7, 11) is 0. The molecule has 1 fully saturated rings. The van der Waals surface area contributed by atoms with Crippen molar-refractivity contribution in [3.63, 3.8) is 0 Å². The minimum Gasteiger partial charge on any atom is -0.388 e. The van der Waals surface area contributed by atoms with Crippen molar-refractivity contribution in [1.29, 1.82) is 0 Å². The molecule has 0 spiro atoms. The highest BCUT2D eigenvalue weighted by Crippen LogP contribution is 2.38. The standard InChI is InChI=1S/C13H22N4O/c1-3-13(18,4-2)8-15-11-7-10(14)16-12(17-11)9-5-6-9/h7,9,18H,3-6,8H2,1-2H3,(H3,14,15,16,17). The van der Waals surface area contributed by atoms with Gasteiger partial charge in [-0.3, -0.25) is 0 Å². The van der Waals surface area contributed by atoms with Crippen LogP contribution in [0, 0.1) is 0 Å². The molecule has 1 aliphatic carbocycles. The lowest BCUT2D eigenvalue weighted by molar-refractivity contribution is 0.0456. The summed E-state index contributed by atoms with van der Waals surface area (Å²) in [6, 6.07) is 1.72. The number of aliphatic hydroxyl groups is 1. The molecule has 1 aliphatic rings. The molecule has 5 heteroatoms. The molecule has 0 unspecified atom stereocenters. The Balaban J connectivity index is 2.04. The first-order valence-electron chi connectivity index (χ1n) is 6.67. The van der Waals surface area contributed by atoms with Gasteiger partial charge >= 0.3 is 0 Å². The second-order valence-electron chi connectivity index (χ2n) is 5.10. The van der Waals surface area contributed by atoms with Crippen molar-refractivity contribution < 1.29 is 5.11 Å². The van der Waals surface area contributed by atoms with Crippen LogP contribution in [0.5, 0.6) is 0 Å². The van der Waals surface area contributed by atoms with E-state index in [1.165, 1.54) is 0 Å². The van der Waals surface area contributed by atoms with E-state index in [0.29, 0.717) is 36.9 Å². The number of rotatable bonds is 6. The van der Waals surface area contributed by atoms with Gasteiger partial charge in [0.2, 0.25) is 0 Å². The lowest BCUT2D eigenvalue weighted by Crippen LogP contribution is -2.35. The van der Waals surface area contributed by atoms with Crippen molar-refractivity contribution in [2.45, 2.75) is 51.0 Å². The molecule has 1 aromatic heterocycles. The van der Waals surface area contributed by atoms with E-state index in [1.54, 1.807) is 6.07 Å². The average Bonchev–Trinajstić information content (AvgIpc) is 3.19. The first-order valence-corrected chi connectivity index (χ1v) is 6.67. The first-order chi connectivity index (χ1) is 8.56. The van der Waals surface area contributed by atoms with Gasteiger partial charge in [0.25, 0.3) is 0 Å². The fourth-order valence-corrected chi connectivity index (χ4v) is 1.86. The number of nitrogen functional groups attached to an aromatic ring is 1. The van der Waals surface area contributed by atoms with Gasteiger partial charge in [-0.05, 0) is 25.7 Å². The summed E-state index contributed by atoms with van der Waals surface area (Å²) in [4.78, 5) is 8.70. The summed E-state index contributed by atoms with van der Waals surface area (Å²) in [6.07, 6.45) is 3.73. The van der Waals surface area contributed by atoms with Gasteiger partial charge in [-0.25, -0.2) is 9.97 Å².